The Morgan fingerprint density at radius 3 is 1.23 bits per heavy atom. The molecular weight excluding hydrogens is 989 g/mol. The van der Waals surface area contributed by atoms with E-state index in [0.717, 1.165) is 137 Å². The summed E-state index contributed by atoms with van der Waals surface area (Å²) < 4.78 is 29.1. The number of para-hydroxylation sites is 2. The molecular formula is C66H70N6O7. The minimum atomic E-state index is -0.259. The second-order valence-electron chi connectivity index (χ2n) is 20.0. The molecule has 0 saturated heterocycles. The standard InChI is InChI=1S/C66H70N6O7/c1-9-47-39(5)61-59-51-17-13-15-19-53(51)71-65(73)43-21-25-45(26-22-43)78-35-33-76-31-29-75-30-32-77-34-36-79-46-27-23-44(24-28-46)66(74)72-54-20-16-14-18-52(54)60(63-40(6)48(10-2)56(68-63)37-55(47)67-61)64-42(8)50(12-4)58(70-64)38-57-49(11-3)41(7)62(59)69-57/h13-28,37-38,67,69H,9-12,29-36H2,1-8H3,(H,71,73)(H,72,74). The zero-order valence-corrected chi connectivity index (χ0v) is 46.6. The molecule has 0 unspecified atom stereocenters. The minimum absolute atomic E-state index is 0.247. The van der Waals surface area contributed by atoms with E-state index in [-0.39, 0.29) is 11.8 Å². The van der Waals surface area contributed by atoms with Crippen molar-refractivity contribution in [3.8, 4) is 33.8 Å². The van der Waals surface area contributed by atoms with E-state index >= 15 is 0 Å². The maximum absolute atomic E-state index is 14.3. The second kappa shape index (κ2) is 24.3. The molecule has 0 radical (unpaired) electrons. The highest BCUT2D eigenvalue weighted by Crippen LogP contribution is 2.46. The molecule has 406 valence electrons. The molecule has 4 N–H and O–H groups in total. The average Bonchev–Trinajstić information content (AvgIpc) is 4.38. The van der Waals surface area contributed by atoms with Gasteiger partial charge in [-0.05, 0) is 171 Å². The monoisotopic (exact) mass is 1060 g/mol. The van der Waals surface area contributed by atoms with E-state index in [2.05, 4.69) is 100 Å². The smallest absolute Gasteiger partial charge is 0.255 e. The third kappa shape index (κ3) is 11.2. The number of amides is 2. The number of rotatable bonds is 4. The number of carbonyl (C=O) groups is 2. The molecule has 13 nitrogen and oxygen atoms in total. The first-order valence-corrected chi connectivity index (χ1v) is 27.7. The Kier molecular flexibility index (Phi) is 16.7. The van der Waals surface area contributed by atoms with Crippen molar-refractivity contribution in [1.29, 1.82) is 0 Å². The van der Waals surface area contributed by atoms with Crippen molar-refractivity contribution in [3.05, 3.63) is 165 Å². The Morgan fingerprint density at radius 1 is 0.456 bits per heavy atom. The van der Waals surface area contributed by atoms with Gasteiger partial charge in [-0.3, -0.25) is 9.59 Å². The quantitative estimate of drug-likeness (QED) is 0.134. The lowest BCUT2D eigenvalue weighted by Gasteiger charge is -2.15. The lowest BCUT2D eigenvalue weighted by atomic mass is 9.92. The Bertz CT molecular complexity index is 3560. The van der Waals surface area contributed by atoms with E-state index in [4.69, 9.17) is 33.7 Å². The molecule has 79 heavy (non-hydrogen) atoms. The number of hydrogen-bond donors (Lipinski definition) is 4. The van der Waals surface area contributed by atoms with Gasteiger partial charge in [-0.2, -0.15) is 0 Å². The molecule has 4 aromatic carbocycles. The predicted molar refractivity (Wildman–Crippen MR) is 318 cm³/mol. The van der Waals surface area contributed by atoms with Crippen molar-refractivity contribution in [2.75, 3.05) is 63.5 Å². The summed E-state index contributed by atoms with van der Waals surface area (Å²) in [5.41, 5.74) is 21.7. The van der Waals surface area contributed by atoms with Gasteiger partial charge in [0, 0.05) is 55.8 Å². The normalized spacial score (nSPS) is 15.1. The van der Waals surface area contributed by atoms with Crippen molar-refractivity contribution in [1.82, 2.24) is 19.9 Å². The van der Waals surface area contributed by atoms with Gasteiger partial charge in [-0.1, -0.05) is 64.1 Å². The number of ether oxygens (including phenoxy) is 5. The van der Waals surface area contributed by atoms with Gasteiger partial charge in [0.15, 0.2) is 0 Å². The van der Waals surface area contributed by atoms with Crippen LogP contribution in [0.1, 0.15) is 120 Å². The summed E-state index contributed by atoms with van der Waals surface area (Å²) in [5, 5.41) is 6.59. The van der Waals surface area contributed by atoms with Crippen molar-refractivity contribution in [3.63, 3.8) is 0 Å². The van der Waals surface area contributed by atoms with Crippen LogP contribution >= 0.6 is 0 Å². The predicted octanol–water partition coefficient (Wildman–Crippen LogP) is 14.4. The van der Waals surface area contributed by atoms with Crippen LogP contribution in [-0.2, 0) is 27.1 Å². The number of hydrogen-bond acceptors (Lipinski definition) is 9. The summed E-state index contributed by atoms with van der Waals surface area (Å²) >= 11 is 0. The number of aromatic nitrogens is 4. The molecule has 0 saturated carbocycles. The summed E-state index contributed by atoms with van der Waals surface area (Å²) in [6, 6.07) is 34.7. The highest BCUT2D eigenvalue weighted by Gasteiger charge is 2.29. The Balaban J connectivity index is 1.21. The van der Waals surface area contributed by atoms with Gasteiger partial charge in [0.2, 0.25) is 0 Å². The highest BCUT2D eigenvalue weighted by molar-refractivity contribution is 6.11. The van der Waals surface area contributed by atoms with Gasteiger partial charge in [-0.25, -0.2) is 9.97 Å². The highest BCUT2D eigenvalue weighted by atomic mass is 16.6. The first kappa shape index (κ1) is 54.3. The van der Waals surface area contributed by atoms with Crippen molar-refractivity contribution in [2.45, 2.75) is 81.1 Å². The summed E-state index contributed by atoms with van der Waals surface area (Å²) in [7, 11) is 0. The van der Waals surface area contributed by atoms with Crippen LogP contribution in [0.4, 0.5) is 11.4 Å². The van der Waals surface area contributed by atoms with E-state index in [0.29, 0.717) is 86.9 Å². The average molecular weight is 1060 g/mol. The molecule has 16 rings (SSSR count). The fourth-order valence-corrected chi connectivity index (χ4v) is 11.2. The molecule has 9 aliphatic rings. The summed E-state index contributed by atoms with van der Waals surface area (Å²) in [4.78, 5) is 47.8. The van der Waals surface area contributed by atoms with E-state index in [1.807, 2.05) is 36.4 Å². The number of benzene rings is 4. The molecule has 3 aromatic heterocycles. The van der Waals surface area contributed by atoms with E-state index in [1.54, 1.807) is 48.5 Å². The fraction of sp³-hybridized carbons (Fsp3) is 0.303. The first-order chi connectivity index (χ1) is 38.5. The fourth-order valence-electron chi connectivity index (χ4n) is 11.2. The van der Waals surface area contributed by atoms with Crippen molar-refractivity contribution >= 4 is 67.5 Å². The van der Waals surface area contributed by atoms with E-state index < -0.39 is 0 Å². The van der Waals surface area contributed by atoms with Gasteiger partial charge >= 0.3 is 0 Å². The first-order valence-electron chi connectivity index (χ1n) is 27.7. The number of aromatic amines is 2. The number of anilines is 2. The third-order valence-corrected chi connectivity index (χ3v) is 15.3. The minimum Gasteiger partial charge on any atom is -0.491 e. The SMILES string of the molecule is CCC1=C(C)c2nc1cc1[nH]c(c(C)c1CC)c1c3[nH]c(cc4nc(c2-c2ccccc2NC(=O)c2ccc(cc2)OCCOCCOCCOCCOc2ccc(cc2)C(=O)Nc2ccccc2-1)C(C)=C4CC)c(CC)c3C. The van der Waals surface area contributed by atoms with Gasteiger partial charge in [0.05, 0.1) is 73.5 Å². The number of aryl methyl sites for hydroxylation is 4. The Labute approximate surface area is 462 Å². The van der Waals surface area contributed by atoms with Gasteiger partial charge in [0.25, 0.3) is 11.8 Å². The number of nitrogens with one attached hydrogen (secondary N) is 4. The summed E-state index contributed by atoms with van der Waals surface area (Å²) in [6.07, 6.45) is 2.98. The molecule has 9 aliphatic heterocycles. The number of H-pyrrole nitrogens is 2. The van der Waals surface area contributed by atoms with Crippen LogP contribution in [0, 0.1) is 13.8 Å². The van der Waals surface area contributed by atoms with Gasteiger partial charge in [0.1, 0.15) is 24.7 Å². The van der Waals surface area contributed by atoms with Crippen LogP contribution in [0.2, 0.25) is 0 Å². The topological polar surface area (TPSA) is 162 Å². The van der Waals surface area contributed by atoms with Crippen molar-refractivity contribution in [2.24, 2.45) is 0 Å². The molecule has 0 atom stereocenters. The van der Waals surface area contributed by atoms with E-state index in [1.165, 1.54) is 0 Å². The van der Waals surface area contributed by atoms with Crippen LogP contribution in [0.5, 0.6) is 11.5 Å². The molecule has 2 amide bonds. The number of allylic oxidation sites excluding steroid dienone is 4. The number of nitrogens with zero attached hydrogens (tertiary/aromatic N) is 2. The maximum atomic E-state index is 14.3. The lowest BCUT2D eigenvalue weighted by Crippen LogP contribution is -2.14. The zero-order valence-electron chi connectivity index (χ0n) is 46.6. The van der Waals surface area contributed by atoms with Crippen LogP contribution in [0.3, 0.4) is 0 Å². The molecule has 14 bridgehead atoms. The van der Waals surface area contributed by atoms with Gasteiger partial charge in [-0.15, -0.1) is 0 Å². The summed E-state index contributed by atoms with van der Waals surface area (Å²) in [5.74, 6) is 0.757. The van der Waals surface area contributed by atoms with Crippen molar-refractivity contribution < 1.29 is 33.3 Å². The Hall–Kier alpha value is -8.10. The van der Waals surface area contributed by atoms with Crippen LogP contribution in [0.15, 0.2) is 109 Å². The maximum Gasteiger partial charge on any atom is 0.255 e. The molecule has 12 heterocycles. The van der Waals surface area contributed by atoms with Crippen LogP contribution < -0.4 is 20.1 Å². The summed E-state index contributed by atoms with van der Waals surface area (Å²) in [6.45, 7) is 20.5. The lowest BCUT2D eigenvalue weighted by molar-refractivity contribution is 0.00499. The molecule has 0 spiro atoms. The number of carbonyl (C=O) groups excluding carboxylic acids is 2. The molecule has 7 aromatic rings. The largest absolute Gasteiger partial charge is 0.491 e. The molecule has 0 fully saturated rings. The van der Waals surface area contributed by atoms with Crippen LogP contribution in [0.25, 0.3) is 66.6 Å². The third-order valence-electron chi connectivity index (χ3n) is 15.3. The Morgan fingerprint density at radius 2 is 0.835 bits per heavy atom. The molecule has 0 aliphatic carbocycles. The van der Waals surface area contributed by atoms with E-state index in [9.17, 15) is 9.59 Å². The van der Waals surface area contributed by atoms with Gasteiger partial charge < -0.3 is 44.3 Å². The second-order valence-corrected chi connectivity index (χ2v) is 20.0. The van der Waals surface area contributed by atoms with Crippen LogP contribution in [-0.4, -0.2) is 84.6 Å². The molecule has 13 heteroatoms. The zero-order chi connectivity index (χ0) is 55.2.